The van der Waals surface area contributed by atoms with Crippen molar-refractivity contribution in [3.05, 3.63) is 64.2 Å². The Bertz CT molecular complexity index is 1210. The van der Waals surface area contributed by atoms with Crippen LogP contribution in [0, 0.1) is 0 Å². The molecule has 2 unspecified atom stereocenters. The largest absolute Gasteiger partial charge is 0.449 e. The van der Waals surface area contributed by atoms with Gasteiger partial charge < -0.3 is 9.64 Å². The fraction of sp³-hybridized carbons (Fsp3) is 0.417. The number of carbonyl (C=O) groups excluding carboxylic acids is 2. The molecule has 0 saturated heterocycles. The zero-order valence-electron chi connectivity index (χ0n) is 20.1. The van der Waals surface area contributed by atoms with Crippen LogP contribution in [0.25, 0.3) is 0 Å². The van der Waals surface area contributed by atoms with E-state index in [2.05, 4.69) is 0 Å². The van der Waals surface area contributed by atoms with Crippen molar-refractivity contribution in [2.75, 3.05) is 11.5 Å². The Hall–Kier alpha value is -3.16. The van der Waals surface area contributed by atoms with E-state index in [0.29, 0.717) is 29.2 Å². The predicted molar refractivity (Wildman–Crippen MR) is 121 cm³/mol. The molecule has 0 N–H and O–H groups in total. The summed E-state index contributed by atoms with van der Waals surface area (Å²) in [5.74, 6) is 0. The first-order chi connectivity index (χ1) is 17.8. The fourth-order valence-electron chi connectivity index (χ4n) is 4.38. The highest BCUT2D eigenvalue weighted by Gasteiger charge is 2.42. The third-order valence-corrected chi connectivity index (χ3v) is 6.26. The van der Waals surface area contributed by atoms with Gasteiger partial charge in [0.05, 0.1) is 35.0 Å². The molecule has 0 radical (unpaired) electrons. The molecule has 2 aromatic carbocycles. The quantitative estimate of drug-likeness (QED) is 0.204. The average Bonchev–Trinajstić information content (AvgIpc) is 2.79. The van der Waals surface area contributed by atoms with Gasteiger partial charge in [0, 0.05) is 12.6 Å². The minimum Gasteiger partial charge on any atom is -0.449 e. The first kappa shape index (κ1) is 30.4. The Labute approximate surface area is 221 Å². The SMILES string of the molecule is CCOC(=O)N1c2ccc(C(F)(F)F)cc2C(N(Cc2cc(C(F)(F)F)cc(C(F)(F)F)c2)C(=O)Cl)CC1C. The molecule has 0 saturated carbocycles. The monoisotopic (exact) mass is 590 g/mol. The zero-order chi connectivity index (χ0) is 29.5. The lowest BCUT2D eigenvalue weighted by Gasteiger charge is -2.42. The molecular formula is C24H20ClF9N2O3. The number of alkyl halides is 9. The maximum absolute atomic E-state index is 13.5. The van der Waals surface area contributed by atoms with Crippen LogP contribution in [0.3, 0.4) is 0 Å². The summed E-state index contributed by atoms with van der Waals surface area (Å²) in [6.45, 7) is 2.02. The van der Waals surface area contributed by atoms with Gasteiger partial charge in [-0.25, -0.2) is 4.79 Å². The molecule has 3 rings (SSSR count). The summed E-state index contributed by atoms with van der Waals surface area (Å²) in [4.78, 5) is 26.7. The van der Waals surface area contributed by atoms with Crippen molar-refractivity contribution < 1.29 is 53.8 Å². The highest BCUT2D eigenvalue weighted by atomic mass is 35.5. The predicted octanol–water partition coefficient (Wildman–Crippen LogP) is 8.40. The Morgan fingerprint density at radius 1 is 0.923 bits per heavy atom. The highest BCUT2D eigenvalue weighted by Crippen LogP contribution is 2.45. The first-order valence-electron chi connectivity index (χ1n) is 11.3. The van der Waals surface area contributed by atoms with Crippen molar-refractivity contribution in [1.29, 1.82) is 0 Å². The number of hydrogen-bond acceptors (Lipinski definition) is 3. The Morgan fingerprint density at radius 2 is 1.46 bits per heavy atom. The smallest absolute Gasteiger partial charge is 0.416 e. The van der Waals surface area contributed by atoms with Crippen LogP contribution in [0.15, 0.2) is 36.4 Å². The van der Waals surface area contributed by atoms with Crippen molar-refractivity contribution in [3.8, 4) is 0 Å². The maximum atomic E-state index is 13.5. The van der Waals surface area contributed by atoms with E-state index in [1.165, 1.54) is 13.8 Å². The summed E-state index contributed by atoms with van der Waals surface area (Å²) in [6.07, 6.45) is -16.3. The van der Waals surface area contributed by atoms with Crippen molar-refractivity contribution in [2.45, 2.75) is 57.4 Å². The van der Waals surface area contributed by atoms with Gasteiger partial charge in [-0.15, -0.1) is 0 Å². The normalized spacial score (nSPS) is 18.0. The second-order valence-electron chi connectivity index (χ2n) is 8.74. The number of amides is 2. The van der Waals surface area contributed by atoms with Gasteiger partial charge in [-0.3, -0.25) is 9.69 Å². The van der Waals surface area contributed by atoms with Gasteiger partial charge in [0.15, 0.2) is 0 Å². The van der Waals surface area contributed by atoms with Crippen molar-refractivity contribution >= 4 is 28.7 Å². The van der Waals surface area contributed by atoms with E-state index in [1.54, 1.807) is 0 Å². The molecule has 0 aliphatic carbocycles. The molecule has 1 aliphatic heterocycles. The van der Waals surface area contributed by atoms with Crippen molar-refractivity contribution in [2.24, 2.45) is 0 Å². The summed E-state index contributed by atoms with van der Waals surface area (Å²) in [5.41, 5.74) is -5.38. The van der Waals surface area contributed by atoms with Crippen LogP contribution in [0.2, 0.25) is 0 Å². The van der Waals surface area contributed by atoms with E-state index in [0.717, 1.165) is 11.0 Å². The van der Waals surface area contributed by atoms with Gasteiger partial charge in [-0.05, 0) is 79.4 Å². The van der Waals surface area contributed by atoms with Crippen molar-refractivity contribution in [3.63, 3.8) is 0 Å². The molecule has 2 atom stereocenters. The van der Waals surface area contributed by atoms with Crippen LogP contribution in [0.4, 0.5) is 54.8 Å². The molecule has 15 heteroatoms. The molecule has 2 amide bonds. The number of nitrogens with zero attached hydrogens (tertiary/aromatic N) is 2. The van der Waals surface area contributed by atoms with Gasteiger partial charge >= 0.3 is 30.0 Å². The lowest BCUT2D eigenvalue weighted by Crippen LogP contribution is -2.47. The number of carbonyl (C=O) groups is 2. The lowest BCUT2D eigenvalue weighted by molar-refractivity contribution is -0.143. The number of ether oxygens (including phenoxy) is 1. The summed E-state index contributed by atoms with van der Waals surface area (Å²) in [6, 6.07) is 0.842. The first-order valence-corrected chi connectivity index (χ1v) is 11.6. The summed E-state index contributed by atoms with van der Waals surface area (Å²) < 4.78 is 126. The van der Waals surface area contributed by atoms with Crippen LogP contribution in [-0.2, 0) is 29.8 Å². The molecule has 2 aromatic rings. The number of benzene rings is 2. The van der Waals surface area contributed by atoms with Crippen LogP contribution < -0.4 is 4.90 Å². The van der Waals surface area contributed by atoms with Crippen LogP contribution in [-0.4, -0.2) is 29.0 Å². The third-order valence-electron chi connectivity index (χ3n) is 6.05. The van der Waals surface area contributed by atoms with Gasteiger partial charge in [-0.2, -0.15) is 39.5 Å². The van der Waals surface area contributed by atoms with E-state index < -0.39 is 70.9 Å². The second kappa shape index (κ2) is 10.8. The van der Waals surface area contributed by atoms with Crippen LogP contribution in [0.5, 0.6) is 0 Å². The Morgan fingerprint density at radius 3 is 1.92 bits per heavy atom. The molecule has 214 valence electrons. The third kappa shape index (κ3) is 6.71. The van der Waals surface area contributed by atoms with Gasteiger partial charge in [0.2, 0.25) is 0 Å². The fourth-order valence-corrected chi connectivity index (χ4v) is 4.56. The minimum atomic E-state index is -5.17. The van der Waals surface area contributed by atoms with Crippen molar-refractivity contribution in [1.82, 2.24) is 4.90 Å². The van der Waals surface area contributed by atoms with E-state index in [9.17, 15) is 49.1 Å². The molecule has 1 heterocycles. The Kier molecular flexibility index (Phi) is 8.40. The van der Waals surface area contributed by atoms with E-state index in [1.807, 2.05) is 0 Å². The van der Waals surface area contributed by atoms with E-state index >= 15 is 0 Å². The summed E-state index contributed by atoms with van der Waals surface area (Å²) >= 11 is 5.69. The number of halogens is 10. The summed E-state index contributed by atoms with van der Waals surface area (Å²) in [5, 5.41) is -1.34. The average molecular weight is 591 g/mol. The molecule has 39 heavy (non-hydrogen) atoms. The Balaban J connectivity index is 2.17. The highest BCUT2D eigenvalue weighted by molar-refractivity contribution is 6.62. The number of anilines is 1. The van der Waals surface area contributed by atoms with Gasteiger partial charge in [0.1, 0.15) is 0 Å². The molecule has 0 spiro atoms. The number of fused-ring (bicyclic) bond motifs is 1. The zero-order valence-corrected chi connectivity index (χ0v) is 20.9. The topological polar surface area (TPSA) is 49.9 Å². The van der Waals surface area contributed by atoms with Gasteiger partial charge in [0.25, 0.3) is 0 Å². The van der Waals surface area contributed by atoms with E-state index in [-0.39, 0.29) is 30.3 Å². The molecule has 0 bridgehead atoms. The molecular weight excluding hydrogens is 571 g/mol. The lowest BCUT2D eigenvalue weighted by atomic mass is 9.89. The molecule has 1 aliphatic rings. The summed E-state index contributed by atoms with van der Waals surface area (Å²) in [7, 11) is 0. The van der Waals surface area contributed by atoms with Crippen LogP contribution in [0.1, 0.15) is 54.1 Å². The molecule has 5 nitrogen and oxygen atoms in total. The van der Waals surface area contributed by atoms with Gasteiger partial charge in [-0.1, -0.05) is 0 Å². The maximum Gasteiger partial charge on any atom is 0.416 e. The standard InChI is InChI=1S/C24H20ClF9N2O3/c1-3-39-21(38)36-12(2)6-19(17-10-14(22(26,27)28)4-5-18(17)36)35(20(25)37)11-13-7-15(23(29,30)31)9-16(8-13)24(32,33)34/h4-5,7-10,12,19H,3,6,11H2,1-2H3. The van der Waals surface area contributed by atoms with E-state index in [4.69, 9.17) is 16.3 Å². The molecule has 0 aromatic heterocycles. The molecule has 0 fully saturated rings. The second-order valence-corrected chi connectivity index (χ2v) is 9.06. The minimum absolute atomic E-state index is 0.0647. The number of rotatable bonds is 4. The van der Waals surface area contributed by atoms with Crippen LogP contribution >= 0.6 is 11.6 Å². The number of hydrogen-bond donors (Lipinski definition) is 0.